The fourth-order valence-electron chi connectivity index (χ4n) is 2.46. The number of carbonyl (C=O) groups is 1. The van der Waals surface area contributed by atoms with Crippen LogP contribution in [-0.2, 0) is 6.42 Å². The Hall–Kier alpha value is -2.73. The summed E-state index contributed by atoms with van der Waals surface area (Å²) < 4.78 is 5.70. The van der Waals surface area contributed by atoms with Crippen LogP contribution in [0.25, 0.3) is 10.6 Å². The van der Waals surface area contributed by atoms with Crippen molar-refractivity contribution in [2.45, 2.75) is 25.4 Å². The second-order valence-corrected chi connectivity index (χ2v) is 7.10. The first-order valence-electron chi connectivity index (χ1n) is 8.16. The molecule has 4 rings (SSSR count). The number of ketones is 1. The Morgan fingerprint density at radius 3 is 2.68 bits per heavy atom. The van der Waals surface area contributed by atoms with E-state index < -0.39 is 0 Å². The molecule has 0 aliphatic heterocycles. The van der Waals surface area contributed by atoms with Gasteiger partial charge in [0.2, 0.25) is 0 Å². The predicted molar refractivity (Wildman–Crippen MR) is 97.9 cm³/mol. The molecule has 1 heterocycles. The molecule has 0 amide bonds. The first-order chi connectivity index (χ1) is 12.2. The average molecular weight is 351 g/mol. The third-order valence-electron chi connectivity index (χ3n) is 3.95. The van der Waals surface area contributed by atoms with Gasteiger partial charge in [-0.2, -0.15) is 0 Å². The zero-order valence-electron chi connectivity index (χ0n) is 13.5. The van der Waals surface area contributed by atoms with Gasteiger partial charge in [-0.05, 0) is 31.0 Å². The number of hydrogen-bond donors (Lipinski definition) is 1. The normalized spacial score (nSPS) is 13.6. The van der Waals surface area contributed by atoms with Crippen molar-refractivity contribution in [1.29, 1.82) is 0 Å². The lowest BCUT2D eigenvalue weighted by molar-refractivity contribution is 0.0992. The van der Waals surface area contributed by atoms with E-state index in [4.69, 9.17) is 10.5 Å². The Kier molecular flexibility index (Phi) is 4.19. The molecule has 2 N–H and O–H groups in total. The number of anilines is 1. The smallest absolute Gasteiger partial charge is 0.169 e. The topological polar surface area (TPSA) is 78.1 Å². The number of benzene rings is 2. The molecule has 0 radical (unpaired) electrons. The summed E-state index contributed by atoms with van der Waals surface area (Å²) in [6.45, 7) is 0. The van der Waals surface area contributed by atoms with E-state index in [0.29, 0.717) is 22.0 Å². The highest BCUT2D eigenvalue weighted by Crippen LogP contribution is 2.31. The predicted octanol–water partition coefficient (Wildman–Crippen LogP) is 3.75. The van der Waals surface area contributed by atoms with Gasteiger partial charge in [-0.25, -0.2) is 0 Å². The van der Waals surface area contributed by atoms with Crippen molar-refractivity contribution in [3.05, 3.63) is 59.1 Å². The van der Waals surface area contributed by atoms with Crippen molar-refractivity contribution in [3.63, 3.8) is 0 Å². The van der Waals surface area contributed by atoms with Crippen molar-refractivity contribution in [2.75, 3.05) is 5.73 Å². The van der Waals surface area contributed by atoms with Crippen molar-refractivity contribution in [2.24, 2.45) is 0 Å². The van der Waals surface area contributed by atoms with Gasteiger partial charge in [0.15, 0.2) is 5.78 Å². The monoisotopic (exact) mass is 351 g/mol. The Balaban J connectivity index is 1.46. The van der Waals surface area contributed by atoms with E-state index in [9.17, 15) is 4.79 Å². The van der Waals surface area contributed by atoms with E-state index >= 15 is 0 Å². The summed E-state index contributed by atoms with van der Waals surface area (Å²) in [7, 11) is 0. The number of carbonyl (C=O) groups excluding carboxylic acids is 1. The summed E-state index contributed by atoms with van der Waals surface area (Å²) in [5.41, 5.74) is 8.08. The van der Waals surface area contributed by atoms with Crippen LogP contribution < -0.4 is 10.5 Å². The summed E-state index contributed by atoms with van der Waals surface area (Å²) in [5, 5.41) is 9.82. The van der Waals surface area contributed by atoms with Crippen LogP contribution in [-0.4, -0.2) is 22.1 Å². The van der Waals surface area contributed by atoms with Crippen LogP contribution >= 0.6 is 11.3 Å². The summed E-state index contributed by atoms with van der Waals surface area (Å²) in [6.07, 6.45) is 2.64. The number of nitrogens with zero attached hydrogens (tertiary/aromatic N) is 2. The van der Waals surface area contributed by atoms with Crippen molar-refractivity contribution in [3.8, 4) is 16.3 Å². The molecule has 5 nitrogen and oxygen atoms in total. The van der Waals surface area contributed by atoms with Gasteiger partial charge < -0.3 is 10.5 Å². The quantitative estimate of drug-likeness (QED) is 0.540. The van der Waals surface area contributed by atoms with E-state index in [0.717, 1.165) is 23.4 Å². The van der Waals surface area contributed by atoms with Crippen LogP contribution in [0.4, 0.5) is 5.69 Å². The molecular formula is C19H17N3O2S. The zero-order chi connectivity index (χ0) is 17.2. The van der Waals surface area contributed by atoms with E-state index in [1.807, 2.05) is 30.3 Å². The Morgan fingerprint density at radius 2 is 1.96 bits per heavy atom. The molecule has 0 spiro atoms. The number of nitrogen functional groups attached to an aromatic ring is 1. The zero-order valence-corrected chi connectivity index (χ0v) is 14.3. The van der Waals surface area contributed by atoms with Gasteiger partial charge in [0, 0.05) is 11.1 Å². The minimum absolute atomic E-state index is 0.0274. The lowest BCUT2D eigenvalue weighted by atomic mass is 10.1. The van der Waals surface area contributed by atoms with Crippen LogP contribution in [0.2, 0.25) is 0 Å². The SMILES string of the molecule is Nc1cc(C(=O)Cc2nnc(-c3ccccc3)s2)ccc1OC1CC1. The maximum atomic E-state index is 12.5. The van der Waals surface area contributed by atoms with Crippen molar-refractivity contribution < 1.29 is 9.53 Å². The molecule has 0 bridgehead atoms. The number of nitrogens with two attached hydrogens (primary N) is 1. The Labute approximate surface area is 149 Å². The van der Waals surface area contributed by atoms with E-state index in [2.05, 4.69) is 10.2 Å². The maximum absolute atomic E-state index is 12.5. The van der Waals surface area contributed by atoms with Gasteiger partial charge in [-0.3, -0.25) is 4.79 Å². The first-order valence-corrected chi connectivity index (χ1v) is 8.98. The largest absolute Gasteiger partial charge is 0.488 e. The molecular weight excluding hydrogens is 334 g/mol. The van der Waals surface area contributed by atoms with Crippen molar-refractivity contribution >= 4 is 22.8 Å². The van der Waals surface area contributed by atoms with Crippen LogP contribution in [0, 0.1) is 0 Å². The van der Waals surface area contributed by atoms with Gasteiger partial charge in [-0.15, -0.1) is 10.2 Å². The molecule has 1 aromatic heterocycles. The molecule has 1 aliphatic rings. The first kappa shape index (κ1) is 15.8. The molecule has 1 fully saturated rings. The van der Waals surface area contributed by atoms with E-state index in [1.54, 1.807) is 18.2 Å². The van der Waals surface area contributed by atoms with Gasteiger partial charge in [0.25, 0.3) is 0 Å². The molecule has 0 atom stereocenters. The molecule has 0 unspecified atom stereocenters. The van der Waals surface area contributed by atoms with Gasteiger partial charge in [-0.1, -0.05) is 41.7 Å². The molecule has 25 heavy (non-hydrogen) atoms. The fraction of sp³-hybridized carbons (Fsp3) is 0.211. The Bertz CT molecular complexity index is 904. The van der Waals surface area contributed by atoms with Crippen LogP contribution in [0.15, 0.2) is 48.5 Å². The number of hydrogen-bond acceptors (Lipinski definition) is 6. The summed E-state index contributed by atoms with van der Waals surface area (Å²) in [5.74, 6) is 0.627. The number of aromatic nitrogens is 2. The van der Waals surface area contributed by atoms with E-state index in [1.165, 1.54) is 11.3 Å². The molecule has 1 saturated carbocycles. The average Bonchev–Trinajstić information content (AvgIpc) is 3.33. The number of Topliss-reactive ketones (excluding diaryl/α,β-unsaturated/α-hetero) is 1. The summed E-state index contributed by atoms with van der Waals surface area (Å²) in [4.78, 5) is 12.5. The standard InChI is InChI=1S/C19H17N3O2S/c20-15-10-13(6-9-17(15)24-14-7-8-14)16(23)11-18-21-22-19(25-18)12-4-2-1-3-5-12/h1-6,9-10,14H,7-8,11,20H2. The van der Waals surface area contributed by atoms with E-state index in [-0.39, 0.29) is 18.3 Å². The van der Waals surface area contributed by atoms with Crippen molar-refractivity contribution in [1.82, 2.24) is 10.2 Å². The molecule has 1 aliphatic carbocycles. The minimum atomic E-state index is -0.0274. The fourth-order valence-corrected chi connectivity index (χ4v) is 3.30. The molecule has 6 heteroatoms. The van der Waals surface area contributed by atoms with Gasteiger partial charge in [0.1, 0.15) is 15.8 Å². The number of ether oxygens (including phenoxy) is 1. The number of rotatable bonds is 6. The summed E-state index contributed by atoms with van der Waals surface area (Å²) in [6, 6.07) is 15.0. The maximum Gasteiger partial charge on any atom is 0.169 e. The second kappa shape index (κ2) is 6.64. The lowest BCUT2D eigenvalue weighted by Crippen LogP contribution is -2.06. The molecule has 3 aromatic rings. The lowest BCUT2D eigenvalue weighted by Gasteiger charge is -2.08. The van der Waals surface area contributed by atoms with Crippen LogP contribution in [0.5, 0.6) is 5.75 Å². The van der Waals surface area contributed by atoms with Crippen LogP contribution in [0.1, 0.15) is 28.2 Å². The summed E-state index contributed by atoms with van der Waals surface area (Å²) >= 11 is 1.43. The third-order valence-corrected chi connectivity index (χ3v) is 4.92. The van der Waals surface area contributed by atoms with Gasteiger partial charge in [0.05, 0.1) is 18.2 Å². The minimum Gasteiger partial charge on any atom is -0.488 e. The third kappa shape index (κ3) is 3.69. The molecule has 2 aromatic carbocycles. The van der Waals surface area contributed by atoms with Gasteiger partial charge >= 0.3 is 0 Å². The highest BCUT2D eigenvalue weighted by atomic mass is 32.1. The van der Waals surface area contributed by atoms with Crippen LogP contribution in [0.3, 0.4) is 0 Å². The second-order valence-electron chi connectivity index (χ2n) is 6.04. The Morgan fingerprint density at radius 1 is 1.16 bits per heavy atom. The molecule has 126 valence electrons. The molecule has 0 saturated heterocycles. The highest BCUT2D eigenvalue weighted by molar-refractivity contribution is 7.14. The highest BCUT2D eigenvalue weighted by Gasteiger charge is 2.24.